The Hall–Kier alpha value is -2.51. The van der Waals surface area contributed by atoms with Crippen LogP contribution in [0.25, 0.3) is 0 Å². The van der Waals surface area contributed by atoms with Crippen LogP contribution in [0.15, 0.2) is 40.6 Å². The molecule has 8 heteroatoms. The second kappa shape index (κ2) is 6.78. The summed E-state index contributed by atoms with van der Waals surface area (Å²) in [4.78, 5) is 15.0. The standard InChI is InChI=1S/C13H12F3NO4/c1-2-21-12(20)10(11(19)13(14,15)16)7-17-8-4-3-5-9(18)6-8/h3-7,18-19H,2H2,1H3/b11-10+,17-7?. The Morgan fingerprint density at radius 3 is 2.62 bits per heavy atom. The third-order valence-corrected chi connectivity index (χ3v) is 2.19. The van der Waals surface area contributed by atoms with Gasteiger partial charge in [-0.3, -0.25) is 4.99 Å². The molecule has 0 bridgehead atoms. The number of halogens is 3. The Labute approximate surface area is 118 Å². The van der Waals surface area contributed by atoms with Crippen LogP contribution in [0.3, 0.4) is 0 Å². The molecular weight excluding hydrogens is 291 g/mol. The maximum atomic E-state index is 12.5. The number of carbonyl (C=O) groups is 1. The molecule has 0 heterocycles. The van der Waals surface area contributed by atoms with E-state index in [2.05, 4.69) is 9.73 Å². The number of alkyl halides is 3. The number of nitrogens with zero attached hydrogens (tertiary/aromatic N) is 1. The highest BCUT2D eigenvalue weighted by Gasteiger charge is 2.38. The fraction of sp³-hybridized carbons (Fsp3) is 0.231. The topological polar surface area (TPSA) is 79.1 Å². The lowest BCUT2D eigenvalue weighted by Gasteiger charge is -2.09. The van der Waals surface area contributed by atoms with E-state index < -0.39 is 23.5 Å². The number of allylic oxidation sites excluding steroid dienone is 1. The number of phenols is 1. The average molecular weight is 303 g/mol. The summed E-state index contributed by atoms with van der Waals surface area (Å²) in [6, 6.07) is 5.32. The van der Waals surface area contributed by atoms with Crippen LogP contribution >= 0.6 is 0 Å². The molecule has 2 N–H and O–H groups in total. The summed E-state index contributed by atoms with van der Waals surface area (Å²) in [6.07, 6.45) is -4.57. The van der Waals surface area contributed by atoms with Crippen LogP contribution in [0.2, 0.25) is 0 Å². The van der Waals surface area contributed by atoms with E-state index in [1.54, 1.807) is 0 Å². The summed E-state index contributed by atoms with van der Waals surface area (Å²) in [5.41, 5.74) is -1.01. The number of hydrogen-bond donors (Lipinski definition) is 2. The van der Waals surface area contributed by atoms with Crippen molar-refractivity contribution in [2.45, 2.75) is 13.1 Å². The minimum absolute atomic E-state index is 0.103. The highest BCUT2D eigenvalue weighted by molar-refractivity contribution is 6.10. The number of esters is 1. The fourth-order valence-corrected chi connectivity index (χ4v) is 1.28. The Balaban J connectivity index is 3.18. The molecule has 1 rings (SSSR count). The van der Waals surface area contributed by atoms with Gasteiger partial charge in [-0.2, -0.15) is 13.2 Å². The van der Waals surface area contributed by atoms with Gasteiger partial charge in [-0.05, 0) is 19.1 Å². The van der Waals surface area contributed by atoms with Crippen LogP contribution in [0.1, 0.15) is 6.92 Å². The van der Waals surface area contributed by atoms with Gasteiger partial charge in [-0.25, -0.2) is 4.79 Å². The van der Waals surface area contributed by atoms with Gasteiger partial charge in [0.05, 0.1) is 12.3 Å². The quantitative estimate of drug-likeness (QED) is 0.388. The minimum Gasteiger partial charge on any atom is -0.508 e. The smallest absolute Gasteiger partial charge is 0.449 e. The largest absolute Gasteiger partial charge is 0.508 e. The Bertz CT molecular complexity index is 579. The van der Waals surface area contributed by atoms with Crippen molar-refractivity contribution in [1.29, 1.82) is 0 Å². The molecule has 0 spiro atoms. The first-order chi connectivity index (χ1) is 9.75. The summed E-state index contributed by atoms with van der Waals surface area (Å²) in [5.74, 6) is -3.59. The molecule has 0 fully saturated rings. The highest BCUT2D eigenvalue weighted by Crippen LogP contribution is 2.26. The number of aliphatic hydroxyl groups excluding tert-OH is 1. The van der Waals surface area contributed by atoms with Crippen molar-refractivity contribution >= 4 is 17.9 Å². The van der Waals surface area contributed by atoms with E-state index in [1.165, 1.54) is 31.2 Å². The van der Waals surface area contributed by atoms with E-state index in [0.717, 1.165) is 0 Å². The molecule has 0 aliphatic carbocycles. The zero-order valence-electron chi connectivity index (χ0n) is 10.9. The molecular formula is C13H12F3NO4. The third kappa shape index (κ3) is 4.83. The van der Waals surface area contributed by atoms with Gasteiger partial charge in [0.25, 0.3) is 0 Å². The number of aromatic hydroxyl groups is 1. The molecule has 0 atom stereocenters. The van der Waals surface area contributed by atoms with Gasteiger partial charge < -0.3 is 14.9 Å². The van der Waals surface area contributed by atoms with E-state index in [9.17, 15) is 23.1 Å². The van der Waals surface area contributed by atoms with Gasteiger partial charge in [0.15, 0.2) is 0 Å². The molecule has 21 heavy (non-hydrogen) atoms. The van der Waals surface area contributed by atoms with Gasteiger partial charge in [0.1, 0.15) is 11.3 Å². The van der Waals surface area contributed by atoms with Crippen molar-refractivity contribution in [1.82, 2.24) is 0 Å². The van der Waals surface area contributed by atoms with Gasteiger partial charge in [0.2, 0.25) is 5.76 Å². The van der Waals surface area contributed by atoms with E-state index in [1.807, 2.05) is 0 Å². The minimum atomic E-state index is -5.10. The van der Waals surface area contributed by atoms with E-state index in [4.69, 9.17) is 5.11 Å². The molecule has 0 aromatic heterocycles. The Morgan fingerprint density at radius 2 is 2.10 bits per heavy atom. The monoisotopic (exact) mass is 303 g/mol. The van der Waals surface area contributed by atoms with E-state index in [-0.39, 0.29) is 18.0 Å². The summed E-state index contributed by atoms with van der Waals surface area (Å²) in [6.45, 7) is 1.25. The first-order valence-electron chi connectivity index (χ1n) is 5.76. The molecule has 0 saturated heterocycles. The summed E-state index contributed by atoms with van der Waals surface area (Å²) >= 11 is 0. The van der Waals surface area contributed by atoms with Crippen molar-refractivity contribution in [3.05, 3.63) is 35.6 Å². The van der Waals surface area contributed by atoms with Crippen LogP contribution in [0.4, 0.5) is 18.9 Å². The number of aliphatic hydroxyl groups is 1. The van der Waals surface area contributed by atoms with Gasteiger partial charge in [0, 0.05) is 12.3 Å². The summed E-state index contributed by atoms with van der Waals surface area (Å²) < 4.78 is 41.9. The van der Waals surface area contributed by atoms with Crippen molar-refractivity contribution < 1.29 is 32.9 Å². The molecule has 1 aromatic carbocycles. The first kappa shape index (κ1) is 16.5. The van der Waals surface area contributed by atoms with Gasteiger partial charge >= 0.3 is 12.1 Å². The molecule has 114 valence electrons. The van der Waals surface area contributed by atoms with Crippen LogP contribution in [0, 0.1) is 0 Å². The number of hydrogen-bond acceptors (Lipinski definition) is 5. The Morgan fingerprint density at radius 1 is 1.43 bits per heavy atom. The SMILES string of the molecule is CCOC(=O)/C(C=Nc1cccc(O)c1)=C(/O)C(F)(F)F. The zero-order valence-corrected chi connectivity index (χ0v) is 10.9. The second-order valence-electron chi connectivity index (χ2n) is 3.76. The van der Waals surface area contributed by atoms with Crippen LogP contribution in [-0.2, 0) is 9.53 Å². The molecule has 0 aliphatic heterocycles. The average Bonchev–Trinajstić information content (AvgIpc) is 2.38. The normalized spacial score (nSPS) is 13.1. The van der Waals surface area contributed by atoms with Gasteiger partial charge in [-0.1, -0.05) is 6.07 Å². The van der Waals surface area contributed by atoms with Crippen LogP contribution in [0.5, 0.6) is 5.75 Å². The lowest BCUT2D eigenvalue weighted by atomic mass is 10.2. The molecule has 0 radical (unpaired) electrons. The first-order valence-corrected chi connectivity index (χ1v) is 5.76. The van der Waals surface area contributed by atoms with Crippen molar-refractivity contribution in [2.24, 2.45) is 4.99 Å². The zero-order chi connectivity index (χ0) is 16.0. The van der Waals surface area contributed by atoms with E-state index in [0.29, 0.717) is 6.21 Å². The maximum absolute atomic E-state index is 12.5. The predicted molar refractivity (Wildman–Crippen MR) is 68.6 cm³/mol. The van der Waals surface area contributed by atoms with Crippen molar-refractivity contribution in [2.75, 3.05) is 6.61 Å². The highest BCUT2D eigenvalue weighted by atomic mass is 19.4. The summed E-state index contributed by atoms with van der Waals surface area (Å²) in [7, 11) is 0. The van der Waals surface area contributed by atoms with E-state index >= 15 is 0 Å². The number of aliphatic imine (C=N–C) groups is 1. The van der Waals surface area contributed by atoms with Crippen LogP contribution in [-0.4, -0.2) is 35.2 Å². The van der Waals surface area contributed by atoms with Crippen molar-refractivity contribution in [3.63, 3.8) is 0 Å². The third-order valence-electron chi connectivity index (χ3n) is 2.19. The number of carbonyl (C=O) groups excluding carboxylic acids is 1. The molecule has 0 unspecified atom stereocenters. The number of ether oxygens (including phenoxy) is 1. The predicted octanol–water partition coefficient (Wildman–Crippen LogP) is 3.03. The molecule has 5 nitrogen and oxygen atoms in total. The molecule has 0 saturated carbocycles. The second-order valence-corrected chi connectivity index (χ2v) is 3.76. The lowest BCUT2D eigenvalue weighted by Crippen LogP contribution is -2.20. The number of phenolic OH excluding ortho intramolecular Hbond substituents is 1. The molecule has 0 aliphatic rings. The number of benzene rings is 1. The van der Waals surface area contributed by atoms with Gasteiger partial charge in [-0.15, -0.1) is 0 Å². The molecule has 1 aromatic rings. The Kier molecular flexibility index (Phi) is 5.34. The molecule has 0 amide bonds. The lowest BCUT2D eigenvalue weighted by molar-refractivity contribution is -0.141. The van der Waals surface area contributed by atoms with Crippen LogP contribution < -0.4 is 0 Å². The summed E-state index contributed by atoms with van der Waals surface area (Å²) in [5, 5.41) is 18.3. The van der Waals surface area contributed by atoms with Crippen molar-refractivity contribution in [3.8, 4) is 5.75 Å². The fourth-order valence-electron chi connectivity index (χ4n) is 1.28. The number of rotatable bonds is 4. The maximum Gasteiger partial charge on any atom is 0.449 e.